The molecule has 3 amide bonds. The van der Waals surface area contributed by atoms with Crippen molar-refractivity contribution in [3.05, 3.63) is 55.4 Å². The molecule has 0 bridgehead atoms. The summed E-state index contributed by atoms with van der Waals surface area (Å²) in [5, 5.41) is 48.8. The Hall–Kier alpha value is -4.85. The first-order chi connectivity index (χ1) is 25.2. The lowest BCUT2D eigenvalue weighted by Gasteiger charge is -2.51. The number of hydrogen-bond acceptors (Lipinski definition) is 13. The topological polar surface area (TPSA) is 250 Å². The van der Waals surface area contributed by atoms with Crippen LogP contribution in [-0.2, 0) is 14.4 Å². The molecule has 4 aliphatic rings. The van der Waals surface area contributed by atoms with Gasteiger partial charge in [-0.15, -0.1) is 23.1 Å². The number of carbonyl (C=O) groups excluding carboxylic acids is 3. The van der Waals surface area contributed by atoms with E-state index in [-0.39, 0.29) is 50.3 Å². The van der Waals surface area contributed by atoms with Crippen molar-refractivity contribution in [1.82, 2.24) is 25.1 Å². The van der Waals surface area contributed by atoms with Gasteiger partial charge in [-0.3, -0.25) is 24.1 Å². The zero-order valence-electron chi connectivity index (χ0n) is 28.2. The molecule has 20 heteroatoms. The summed E-state index contributed by atoms with van der Waals surface area (Å²) in [6.07, 6.45) is 4.82. The number of carboxylic acid groups (broad SMARTS) is 1. The van der Waals surface area contributed by atoms with Gasteiger partial charge in [0.25, 0.3) is 17.7 Å². The molecule has 2 saturated heterocycles. The number of thioether (sulfide) groups is 1. The Balaban J connectivity index is 1.08. The lowest BCUT2D eigenvalue weighted by atomic mass is 9.99. The van der Waals surface area contributed by atoms with Gasteiger partial charge >= 0.3 is 5.97 Å². The van der Waals surface area contributed by atoms with E-state index >= 15 is 0 Å². The molecule has 0 spiro atoms. The Morgan fingerprint density at radius 2 is 1.91 bits per heavy atom. The second kappa shape index (κ2) is 13.9. The Morgan fingerprint density at radius 1 is 1.19 bits per heavy atom. The van der Waals surface area contributed by atoms with Gasteiger partial charge in [0.1, 0.15) is 34.9 Å². The number of amides is 3. The average molecular weight is 788 g/mol. The fraction of sp³-hybridized carbons (Fsp3) is 0.424. The predicted molar refractivity (Wildman–Crippen MR) is 195 cm³/mol. The van der Waals surface area contributed by atoms with Gasteiger partial charge < -0.3 is 45.9 Å². The molecule has 1 aliphatic carbocycles. The van der Waals surface area contributed by atoms with Crippen LogP contribution in [0.2, 0.25) is 5.02 Å². The van der Waals surface area contributed by atoms with Crippen LogP contribution in [0, 0.1) is 0 Å². The van der Waals surface area contributed by atoms with Crippen molar-refractivity contribution in [1.29, 1.82) is 0 Å². The lowest BCUT2D eigenvalue weighted by molar-refractivity contribution is -0.911. The number of aromatic nitrogens is 2. The lowest BCUT2D eigenvalue weighted by Crippen LogP contribution is -2.71. The second-order valence-corrected chi connectivity index (χ2v) is 16.4. The summed E-state index contributed by atoms with van der Waals surface area (Å²) in [6.45, 7) is 4.13. The Labute approximate surface area is 314 Å². The first-order valence-corrected chi connectivity index (χ1v) is 19.1. The third-order valence-electron chi connectivity index (χ3n) is 10.3. The summed E-state index contributed by atoms with van der Waals surface area (Å²) in [6, 6.07) is 0.196. The van der Waals surface area contributed by atoms with E-state index in [0.717, 1.165) is 37.0 Å². The number of aliphatic carboxylic acids is 1. The van der Waals surface area contributed by atoms with Crippen LogP contribution in [0.4, 0.5) is 5.13 Å². The Morgan fingerprint density at radius 3 is 2.53 bits per heavy atom. The summed E-state index contributed by atoms with van der Waals surface area (Å²) >= 11 is 8.67. The molecule has 3 aliphatic heterocycles. The monoisotopic (exact) mass is 787 g/mol. The summed E-state index contributed by atoms with van der Waals surface area (Å²) in [7, 11) is 0. The van der Waals surface area contributed by atoms with Gasteiger partial charge in [0, 0.05) is 47.3 Å². The number of fused-ring (bicyclic) bond motifs is 2. The van der Waals surface area contributed by atoms with Crippen LogP contribution in [-0.4, -0.2) is 118 Å². The van der Waals surface area contributed by atoms with Gasteiger partial charge in [0.05, 0.1) is 42.1 Å². The maximum Gasteiger partial charge on any atom is 0.352 e. The molecule has 1 aromatic carbocycles. The van der Waals surface area contributed by atoms with E-state index in [1.54, 1.807) is 4.57 Å². The highest BCUT2D eigenvalue weighted by Gasteiger charge is 2.57. The van der Waals surface area contributed by atoms with E-state index in [2.05, 4.69) is 20.8 Å². The zero-order chi connectivity index (χ0) is 37.9. The molecule has 7 rings (SSSR count). The number of carbonyl (C=O) groups is 4. The zero-order valence-corrected chi connectivity index (χ0v) is 30.6. The number of benzene rings is 1. The van der Waals surface area contributed by atoms with Crippen molar-refractivity contribution in [2.45, 2.75) is 55.3 Å². The molecule has 0 unspecified atom stereocenters. The quantitative estimate of drug-likeness (QED) is 0.0367. The number of anilines is 1. The number of halogens is 1. The number of pyridine rings is 1. The van der Waals surface area contributed by atoms with E-state index < -0.39 is 57.7 Å². The van der Waals surface area contributed by atoms with E-state index in [0.29, 0.717) is 41.8 Å². The number of phenols is 2. The van der Waals surface area contributed by atoms with Crippen molar-refractivity contribution in [2.24, 2.45) is 5.16 Å². The van der Waals surface area contributed by atoms with Gasteiger partial charge in [-0.25, -0.2) is 9.78 Å². The highest BCUT2D eigenvalue weighted by molar-refractivity contribution is 8.00. The van der Waals surface area contributed by atoms with Crippen molar-refractivity contribution >= 4 is 80.1 Å². The van der Waals surface area contributed by atoms with Gasteiger partial charge in [-0.1, -0.05) is 16.8 Å². The number of likely N-dealkylation sites (tertiary alicyclic amines) is 1. The minimum atomic E-state index is -1.28. The number of quaternary nitrogens is 1. The standard InChI is InChI=1S/C33H35ClN8O9S2/c1-14-17(25(32(49)50)41-30(48)24(31(41)53-14)38-29(47)23(39-51)18-13-52-33(35)37-18)12-42(7-2-3-8-42)9-6-36-28(46)16-11-40(15-4-5-15)19-10-20(43)27(45)22(34)21(19)26(16)44/h10-11,13-15,24,31H,2-9,12H2,1H3,(H7-,35,36,37,38,39,43,44,45,46,47,49,50,51)/p+1/t14-,24+,31+/m0/s1. The van der Waals surface area contributed by atoms with Crippen molar-refractivity contribution in [3.8, 4) is 11.5 Å². The van der Waals surface area contributed by atoms with E-state index in [1.807, 2.05) is 6.92 Å². The molecule has 8 N–H and O–H groups in total. The van der Waals surface area contributed by atoms with E-state index in [9.17, 15) is 44.5 Å². The van der Waals surface area contributed by atoms with Crippen LogP contribution in [0.1, 0.15) is 54.7 Å². The summed E-state index contributed by atoms with van der Waals surface area (Å²) < 4.78 is 2.17. The summed E-state index contributed by atoms with van der Waals surface area (Å²) in [4.78, 5) is 71.4. The van der Waals surface area contributed by atoms with E-state index in [1.165, 1.54) is 34.3 Å². The average Bonchev–Trinajstić information content (AvgIpc) is 3.71. The molecule has 2 aromatic heterocycles. The van der Waals surface area contributed by atoms with Crippen LogP contribution in [0.25, 0.3) is 10.9 Å². The molecule has 17 nitrogen and oxygen atoms in total. The van der Waals surface area contributed by atoms with Gasteiger partial charge in [0.15, 0.2) is 22.3 Å². The molecule has 0 radical (unpaired) electrons. The SMILES string of the molecule is C[C@@H]1S[C@@H]2[C@H](NC(=O)/C(=N\O)c3csc(N)n3)C(=O)N2C(C(=O)O)=C1C[N+]1(CCNC(=O)c2cn(C3CC3)c3cc(O)c(O)c(Cl)c3c2=O)CCCC1. The van der Waals surface area contributed by atoms with Crippen LogP contribution >= 0.6 is 34.7 Å². The second-order valence-electron chi connectivity index (χ2n) is 13.6. The highest BCUT2D eigenvalue weighted by Crippen LogP contribution is 2.46. The van der Waals surface area contributed by atoms with E-state index in [4.69, 9.17) is 17.3 Å². The third kappa shape index (κ3) is 6.44. The summed E-state index contributed by atoms with van der Waals surface area (Å²) in [5.74, 6) is -4.51. The van der Waals surface area contributed by atoms with Crippen molar-refractivity contribution in [3.63, 3.8) is 0 Å². The molecule has 5 heterocycles. The van der Waals surface area contributed by atoms with Crippen LogP contribution < -0.4 is 21.8 Å². The fourth-order valence-electron chi connectivity index (χ4n) is 7.46. The normalized spacial score (nSPS) is 22.5. The smallest absolute Gasteiger partial charge is 0.352 e. The minimum absolute atomic E-state index is 0.00906. The molecule has 280 valence electrons. The largest absolute Gasteiger partial charge is 0.504 e. The maximum absolute atomic E-state index is 13.5. The fourth-order valence-corrected chi connectivity index (χ4v) is 9.73. The number of rotatable bonds is 11. The highest BCUT2D eigenvalue weighted by atomic mass is 35.5. The van der Waals surface area contributed by atoms with Crippen LogP contribution in [0.5, 0.6) is 11.5 Å². The Kier molecular flexibility index (Phi) is 9.54. The summed E-state index contributed by atoms with van der Waals surface area (Å²) in [5.41, 5.74) is 5.13. The van der Waals surface area contributed by atoms with Gasteiger partial charge in [-0.2, -0.15) is 0 Å². The number of nitrogens with two attached hydrogens (primary N) is 1. The minimum Gasteiger partial charge on any atom is -0.504 e. The number of β-lactam (4-membered cyclic amide) rings is 1. The molecular formula is C33H36ClN8O9S2+. The Bertz CT molecular complexity index is 2190. The first-order valence-electron chi connectivity index (χ1n) is 16.9. The number of nitrogens with zero attached hydrogens (tertiary/aromatic N) is 5. The number of nitrogens with one attached hydrogen (secondary N) is 2. The number of phenolic OH excluding ortho intramolecular Hbond substituents is 2. The van der Waals surface area contributed by atoms with Crippen molar-refractivity contribution < 1.29 is 44.2 Å². The maximum atomic E-state index is 13.5. The number of carboxylic acids is 1. The number of nitrogen functional groups attached to an aromatic ring is 1. The molecule has 3 aromatic rings. The van der Waals surface area contributed by atoms with Crippen LogP contribution in [0.15, 0.2) is 38.9 Å². The van der Waals surface area contributed by atoms with Crippen molar-refractivity contribution in [2.75, 3.05) is 38.5 Å². The molecule has 3 fully saturated rings. The number of oxime groups is 1. The number of aromatic hydroxyl groups is 2. The molecule has 3 atom stereocenters. The molecular weight excluding hydrogens is 752 g/mol. The molecule has 1 saturated carbocycles. The number of hydrogen-bond donors (Lipinski definition) is 7. The van der Waals surface area contributed by atoms with Crippen LogP contribution in [0.3, 0.4) is 0 Å². The number of thiazole rings is 1. The predicted octanol–water partition coefficient (Wildman–Crippen LogP) is 1.79. The third-order valence-corrected chi connectivity index (χ3v) is 12.8. The molecule has 53 heavy (non-hydrogen) atoms. The first kappa shape index (κ1) is 36.5. The van der Waals surface area contributed by atoms with Gasteiger partial charge in [-0.05, 0) is 19.8 Å². The van der Waals surface area contributed by atoms with Gasteiger partial charge in [0.2, 0.25) is 5.43 Å².